The highest BCUT2D eigenvalue weighted by Crippen LogP contribution is 2.35. The van der Waals surface area contributed by atoms with Crippen LogP contribution < -0.4 is 4.90 Å². The molecule has 2 saturated heterocycles. The summed E-state index contributed by atoms with van der Waals surface area (Å²) in [6.45, 7) is 8.24. The molecule has 33 heavy (non-hydrogen) atoms. The number of rotatable bonds is 6. The number of morpholine rings is 1. The van der Waals surface area contributed by atoms with Crippen LogP contribution >= 0.6 is 0 Å². The van der Waals surface area contributed by atoms with Crippen molar-refractivity contribution in [2.24, 2.45) is 5.92 Å². The van der Waals surface area contributed by atoms with E-state index in [0.717, 1.165) is 81.8 Å². The molecule has 1 saturated carbocycles. The molecule has 4 heterocycles. The molecule has 3 aliphatic rings. The van der Waals surface area contributed by atoms with E-state index in [1.54, 1.807) is 12.1 Å². The molecule has 0 radical (unpaired) electrons. The molecule has 1 aromatic carbocycles. The number of fused-ring (bicyclic) bond motifs is 1. The van der Waals surface area contributed by atoms with Crippen LogP contribution in [0.25, 0.3) is 5.65 Å². The summed E-state index contributed by atoms with van der Waals surface area (Å²) in [5.41, 5.74) is 3.18. The minimum absolute atomic E-state index is 0.160. The van der Waals surface area contributed by atoms with E-state index in [1.165, 1.54) is 24.7 Å². The monoisotopic (exact) mass is 449 g/mol. The average Bonchev–Trinajstić information content (AvgIpc) is 3.54. The van der Waals surface area contributed by atoms with E-state index < -0.39 is 0 Å². The van der Waals surface area contributed by atoms with Crippen molar-refractivity contribution in [3.05, 3.63) is 65.7 Å². The maximum atomic E-state index is 13.7. The van der Waals surface area contributed by atoms with Crippen molar-refractivity contribution < 1.29 is 9.13 Å². The summed E-state index contributed by atoms with van der Waals surface area (Å²) in [4.78, 5) is 12.6. The van der Waals surface area contributed by atoms with E-state index in [9.17, 15) is 4.39 Å². The fourth-order valence-corrected chi connectivity index (χ4v) is 5.27. The number of halogens is 1. The van der Waals surface area contributed by atoms with Gasteiger partial charge < -0.3 is 9.64 Å². The Balaban J connectivity index is 1.28. The molecule has 6 nitrogen and oxygen atoms in total. The lowest BCUT2D eigenvalue weighted by atomic mass is 10.1. The van der Waals surface area contributed by atoms with Crippen LogP contribution in [-0.2, 0) is 11.3 Å². The Morgan fingerprint density at radius 2 is 1.85 bits per heavy atom. The third-order valence-electron chi connectivity index (χ3n) is 7.23. The summed E-state index contributed by atoms with van der Waals surface area (Å²) in [6.07, 6.45) is 4.95. The van der Waals surface area contributed by atoms with E-state index in [0.29, 0.717) is 0 Å². The minimum Gasteiger partial charge on any atom is -0.378 e. The van der Waals surface area contributed by atoms with Crippen LogP contribution in [0.1, 0.15) is 30.1 Å². The van der Waals surface area contributed by atoms with Crippen LogP contribution in [0.15, 0.2) is 48.7 Å². The van der Waals surface area contributed by atoms with Crippen molar-refractivity contribution in [3.8, 4) is 0 Å². The molecule has 2 aliphatic heterocycles. The number of imidazole rings is 1. The van der Waals surface area contributed by atoms with Gasteiger partial charge >= 0.3 is 0 Å². The zero-order valence-electron chi connectivity index (χ0n) is 19.1. The number of ether oxygens (including phenoxy) is 1. The molecule has 1 aliphatic carbocycles. The number of pyridine rings is 1. The highest BCUT2D eigenvalue weighted by atomic mass is 19.1. The summed E-state index contributed by atoms with van der Waals surface area (Å²) < 4.78 is 21.5. The van der Waals surface area contributed by atoms with E-state index in [2.05, 4.69) is 43.5 Å². The SMILES string of the molecule is Fc1cccc(CN2CCN(CC3CC3)[C@H](c3cn4c(N5CCOCC5)cccc4n3)C2)c1. The lowest BCUT2D eigenvalue weighted by Crippen LogP contribution is -2.48. The number of benzene rings is 1. The highest BCUT2D eigenvalue weighted by Gasteiger charge is 2.34. The standard InChI is InChI=1S/C26H32FN5O/c27-22-4-1-3-21(15-22)16-29-9-10-31(17-20-7-8-20)24(19-29)23-18-32-25(28-23)5-2-6-26(32)30-11-13-33-14-12-30/h1-6,15,18,20,24H,7-14,16-17,19H2/t24-/m0/s1. The molecule has 3 aromatic rings. The van der Waals surface area contributed by atoms with E-state index >= 15 is 0 Å². The van der Waals surface area contributed by atoms with Gasteiger partial charge in [-0.25, -0.2) is 9.37 Å². The Hall–Kier alpha value is -2.48. The van der Waals surface area contributed by atoms with Gasteiger partial charge in [0.15, 0.2) is 0 Å². The van der Waals surface area contributed by atoms with Gasteiger partial charge in [0, 0.05) is 52.0 Å². The van der Waals surface area contributed by atoms with Gasteiger partial charge in [-0.3, -0.25) is 14.2 Å². The van der Waals surface area contributed by atoms with Crippen molar-refractivity contribution in [1.82, 2.24) is 19.2 Å². The molecule has 0 spiro atoms. The Morgan fingerprint density at radius 1 is 1.00 bits per heavy atom. The number of hydrogen-bond donors (Lipinski definition) is 0. The molecule has 0 N–H and O–H groups in total. The summed E-state index contributed by atoms with van der Waals surface area (Å²) in [6, 6.07) is 13.7. The summed E-state index contributed by atoms with van der Waals surface area (Å²) in [5, 5.41) is 0. The van der Waals surface area contributed by atoms with Gasteiger partial charge in [0.05, 0.1) is 24.9 Å². The first-order valence-corrected chi connectivity index (χ1v) is 12.2. The lowest BCUT2D eigenvalue weighted by Gasteiger charge is -2.41. The zero-order chi connectivity index (χ0) is 22.2. The Morgan fingerprint density at radius 3 is 2.67 bits per heavy atom. The first-order valence-electron chi connectivity index (χ1n) is 12.2. The topological polar surface area (TPSA) is 36.2 Å². The summed E-state index contributed by atoms with van der Waals surface area (Å²) in [7, 11) is 0. The number of aromatic nitrogens is 2. The van der Waals surface area contributed by atoms with Crippen molar-refractivity contribution in [3.63, 3.8) is 0 Å². The van der Waals surface area contributed by atoms with Gasteiger partial charge in [0.1, 0.15) is 17.3 Å². The molecule has 0 unspecified atom stereocenters. The smallest absolute Gasteiger partial charge is 0.138 e. The molecule has 7 heteroatoms. The summed E-state index contributed by atoms with van der Waals surface area (Å²) in [5.74, 6) is 1.87. The molecule has 0 bridgehead atoms. The molecular formula is C26H32FN5O. The molecule has 2 aromatic heterocycles. The van der Waals surface area contributed by atoms with E-state index in [4.69, 9.17) is 9.72 Å². The molecular weight excluding hydrogens is 417 g/mol. The average molecular weight is 450 g/mol. The van der Waals surface area contributed by atoms with E-state index in [1.807, 2.05) is 6.07 Å². The van der Waals surface area contributed by atoms with Crippen molar-refractivity contribution in [1.29, 1.82) is 0 Å². The van der Waals surface area contributed by atoms with Crippen LogP contribution in [0.3, 0.4) is 0 Å². The Labute approximate surface area is 194 Å². The maximum Gasteiger partial charge on any atom is 0.138 e. The number of piperazine rings is 1. The quantitative estimate of drug-likeness (QED) is 0.575. The molecule has 174 valence electrons. The predicted octanol–water partition coefficient (Wildman–Crippen LogP) is 3.58. The van der Waals surface area contributed by atoms with Crippen LogP contribution in [-0.4, -0.2) is 71.7 Å². The van der Waals surface area contributed by atoms with Gasteiger partial charge in [-0.05, 0) is 48.6 Å². The van der Waals surface area contributed by atoms with Gasteiger partial charge in [0.2, 0.25) is 0 Å². The molecule has 3 fully saturated rings. The minimum atomic E-state index is -0.160. The predicted molar refractivity (Wildman–Crippen MR) is 127 cm³/mol. The van der Waals surface area contributed by atoms with Gasteiger partial charge in [-0.1, -0.05) is 18.2 Å². The molecule has 6 rings (SSSR count). The van der Waals surface area contributed by atoms with Gasteiger partial charge in [-0.15, -0.1) is 0 Å². The fraction of sp³-hybridized carbons (Fsp3) is 0.500. The third kappa shape index (κ3) is 4.63. The Bertz CT molecular complexity index is 1110. The second-order valence-electron chi connectivity index (χ2n) is 9.70. The maximum absolute atomic E-state index is 13.7. The van der Waals surface area contributed by atoms with Gasteiger partial charge in [-0.2, -0.15) is 0 Å². The van der Waals surface area contributed by atoms with Crippen molar-refractivity contribution in [2.45, 2.75) is 25.4 Å². The first-order chi connectivity index (χ1) is 16.2. The summed E-state index contributed by atoms with van der Waals surface area (Å²) >= 11 is 0. The largest absolute Gasteiger partial charge is 0.378 e. The highest BCUT2D eigenvalue weighted by molar-refractivity contribution is 5.53. The zero-order valence-corrected chi connectivity index (χ0v) is 19.1. The first kappa shape index (κ1) is 21.1. The fourth-order valence-electron chi connectivity index (χ4n) is 5.27. The Kier molecular flexibility index (Phi) is 5.78. The van der Waals surface area contributed by atoms with Crippen molar-refractivity contribution in [2.75, 3.05) is 57.4 Å². The van der Waals surface area contributed by atoms with Crippen molar-refractivity contribution >= 4 is 11.5 Å². The molecule has 1 atom stereocenters. The van der Waals surface area contributed by atoms with Crippen LogP contribution in [0.2, 0.25) is 0 Å². The third-order valence-corrected chi connectivity index (χ3v) is 7.23. The van der Waals surface area contributed by atoms with Gasteiger partial charge in [0.25, 0.3) is 0 Å². The van der Waals surface area contributed by atoms with E-state index in [-0.39, 0.29) is 11.9 Å². The number of anilines is 1. The number of nitrogens with zero attached hydrogens (tertiary/aromatic N) is 5. The second-order valence-corrected chi connectivity index (χ2v) is 9.70. The van der Waals surface area contributed by atoms with Crippen LogP contribution in [0.4, 0.5) is 10.2 Å². The molecule has 0 amide bonds. The van der Waals surface area contributed by atoms with Crippen LogP contribution in [0.5, 0.6) is 0 Å². The second kappa shape index (κ2) is 9.05. The van der Waals surface area contributed by atoms with Crippen LogP contribution in [0, 0.1) is 11.7 Å². The number of hydrogen-bond acceptors (Lipinski definition) is 5. The normalized spacial score (nSPS) is 22.8. The lowest BCUT2D eigenvalue weighted by molar-refractivity contribution is 0.0639.